The second kappa shape index (κ2) is 75.0. The molecule has 102 heavy (non-hydrogen) atoms. The molecule has 0 aromatic heterocycles. The summed E-state index contributed by atoms with van der Waals surface area (Å²) < 4.78 is 68.5. The van der Waals surface area contributed by atoms with E-state index in [1.807, 2.05) is 12.2 Å². The van der Waals surface area contributed by atoms with Gasteiger partial charge in [0, 0.05) is 25.7 Å². The molecule has 0 amide bonds. The second-order valence-electron chi connectivity index (χ2n) is 26.6. The number of phosphoric ester groups is 2. The topological polar surface area (TPSA) is 237 Å². The van der Waals surface area contributed by atoms with Gasteiger partial charge in [0.05, 0.1) is 26.4 Å². The molecule has 0 saturated carbocycles. The minimum Gasteiger partial charge on any atom is -0.462 e. The predicted octanol–water partition coefficient (Wildman–Crippen LogP) is 23.3. The van der Waals surface area contributed by atoms with Gasteiger partial charge in [0.25, 0.3) is 0 Å². The van der Waals surface area contributed by atoms with Crippen molar-refractivity contribution in [3.63, 3.8) is 0 Å². The van der Waals surface area contributed by atoms with Crippen molar-refractivity contribution in [1.82, 2.24) is 0 Å². The van der Waals surface area contributed by atoms with Gasteiger partial charge in [0.2, 0.25) is 0 Å². The fraction of sp³-hybridized carbons (Fsp3) is 0.735. The molecule has 3 N–H and O–H groups in total. The van der Waals surface area contributed by atoms with Crippen LogP contribution in [-0.4, -0.2) is 96.7 Å². The van der Waals surface area contributed by atoms with Crippen LogP contribution in [0.2, 0.25) is 0 Å². The first-order chi connectivity index (χ1) is 49.7. The van der Waals surface area contributed by atoms with Crippen LogP contribution in [0.4, 0.5) is 0 Å². The minimum atomic E-state index is -5.00. The van der Waals surface area contributed by atoms with Gasteiger partial charge in [-0.3, -0.25) is 37.3 Å². The minimum absolute atomic E-state index is 0.0150. The Balaban J connectivity index is 5.43. The molecular formula is C83H144O17P2. The van der Waals surface area contributed by atoms with Crippen LogP contribution in [0, 0.1) is 0 Å². The number of rotatable bonds is 75. The number of aliphatic hydroxyl groups is 1. The zero-order chi connectivity index (χ0) is 74.6. The number of hydrogen-bond donors (Lipinski definition) is 3. The molecule has 17 nitrogen and oxygen atoms in total. The maximum Gasteiger partial charge on any atom is 0.472 e. The first-order valence-electron chi connectivity index (χ1n) is 40.1. The number of allylic oxidation sites excluding steroid dienone is 18. The fourth-order valence-corrected chi connectivity index (χ4v) is 12.1. The number of ether oxygens (including phenoxy) is 4. The van der Waals surface area contributed by atoms with Gasteiger partial charge in [0.15, 0.2) is 12.2 Å². The molecule has 588 valence electrons. The molecule has 0 bridgehead atoms. The first-order valence-corrected chi connectivity index (χ1v) is 43.1. The number of phosphoric acid groups is 2. The summed E-state index contributed by atoms with van der Waals surface area (Å²) in [6, 6.07) is 0. The normalized spacial score (nSPS) is 14.5. The Kier molecular flexibility index (Phi) is 71.8. The van der Waals surface area contributed by atoms with Crippen molar-refractivity contribution in [3.8, 4) is 0 Å². The molecule has 0 aliphatic heterocycles. The van der Waals surface area contributed by atoms with Gasteiger partial charge in [-0.25, -0.2) is 9.13 Å². The Bertz CT molecular complexity index is 2360. The fourth-order valence-electron chi connectivity index (χ4n) is 10.5. The first kappa shape index (κ1) is 97.7. The lowest BCUT2D eigenvalue weighted by Gasteiger charge is -2.21. The Labute approximate surface area is 619 Å². The van der Waals surface area contributed by atoms with E-state index in [-0.39, 0.29) is 25.7 Å². The lowest BCUT2D eigenvalue weighted by Crippen LogP contribution is -2.30. The summed E-state index contributed by atoms with van der Waals surface area (Å²) >= 11 is 0. The van der Waals surface area contributed by atoms with E-state index < -0.39 is 97.5 Å². The number of hydrogen-bond acceptors (Lipinski definition) is 15. The highest BCUT2D eigenvalue weighted by Crippen LogP contribution is 2.45. The van der Waals surface area contributed by atoms with Crippen LogP contribution in [-0.2, 0) is 65.4 Å². The molecule has 0 spiro atoms. The van der Waals surface area contributed by atoms with Crippen molar-refractivity contribution in [2.24, 2.45) is 0 Å². The lowest BCUT2D eigenvalue weighted by atomic mass is 10.1. The van der Waals surface area contributed by atoms with Crippen molar-refractivity contribution in [2.75, 3.05) is 39.6 Å². The largest absolute Gasteiger partial charge is 0.472 e. The summed E-state index contributed by atoms with van der Waals surface area (Å²) in [7, 11) is -9.98. The van der Waals surface area contributed by atoms with E-state index in [0.29, 0.717) is 32.1 Å². The molecule has 0 aliphatic rings. The van der Waals surface area contributed by atoms with E-state index in [1.54, 1.807) is 0 Å². The van der Waals surface area contributed by atoms with E-state index >= 15 is 0 Å². The molecule has 0 radical (unpaired) electrons. The van der Waals surface area contributed by atoms with E-state index in [0.717, 1.165) is 167 Å². The van der Waals surface area contributed by atoms with Crippen LogP contribution in [0.15, 0.2) is 109 Å². The van der Waals surface area contributed by atoms with Crippen molar-refractivity contribution >= 4 is 39.5 Å². The number of carbonyl (C=O) groups excluding carboxylic acids is 4. The van der Waals surface area contributed by atoms with Gasteiger partial charge in [-0.15, -0.1) is 0 Å². The van der Waals surface area contributed by atoms with Crippen LogP contribution in [0.1, 0.15) is 336 Å². The highest BCUT2D eigenvalue weighted by atomic mass is 31.2. The average molecular weight is 1480 g/mol. The maximum absolute atomic E-state index is 13.1. The van der Waals surface area contributed by atoms with Gasteiger partial charge in [-0.2, -0.15) is 0 Å². The monoisotopic (exact) mass is 1470 g/mol. The number of esters is 4. The van der Waals surface area contributed by atoms with Gasteiger partial charge in [0.1, 0.15) is 19.3 Å². The SMILES string of the molecule is CCCCC/C=C\C/C=C\C/C=C\C/C=C\CCCC(=O)O[C@H](COC(=O)CCCCCCC/C=C\C/C=C\CCCCC)COP(=O)(O)OC[C@@H](O)COP(=O)(O)OC[C@@H](COC(=O)CCCCCCC/C=C\C/C=C\CCCCC)OC(=O)CCCCCCCCC/C=C\CCCCCC. The third-order valence-electron chi connectivity index (χ3n) is 16.7. The van der Waals surface area contributed by atoms with Crippen LogP contribution in [0.25, 0.3) is 0 Å². The highest BCUT2D eigenvalue weighted by Gasteiger charge is 2.30. The lowest BCUT2D eigenvalue weighted by molar-refractivity contribution is -0.161. The number of carbonyl (C=O) groups is 4. The van der Waals surface area contributed by atoms with Gasteiger partial charge in [-0.1, -0.05) is 265 Å². The molecule has 0 aliphatic carbocycles. The van der Waals surface area contributed by atoms with E-state index in [4.69, 9.17) is 37.0 Å². The zero-order valence-corrected chi connectivity index (χ0v) is 66.0. The van der Waals surface area contributed by atoms with E-state index in [2.05, 4.69) is 125 Å². The van der Waals surface area contributed by atoms with Gasteiger partial charge >= 0.3 is 39.5 Å². The molecule has 5 atom stereocenters. The summed E-state index contributed by atoms with van der Waals surface area (Å²) in [6.45, 7) is 4.71. The van der Waals surface area contributed by atoms with Gasteiger partial charge < -0.3 is 33.8 Å². The predicted molar refractivity (Wildman–Crippen MR) is 418 cm³/mol. The average Bonchev–Trinajstić information content (AvgIpc) is 0.917. The molecule has 19 heteroatoms. The summed E-state index contributed by atoms with van der Waals surface area (Å²) in [5.74, 6) is -2.27. The van der Waals surface area contributed by atoms with Crippen molar-refractivity contribution < 1.29 is 80.2 Å². The van der Waals surface area contributed by atoms with Crippen molar-refractivity contribution in [3.05, 3.63) is 109 Å². The van der Waals surface area contributed by atoms with Crippen molar-refractivity contribution in [1.29, 1.82) is 0 Å². The Morgan fingerprint density at radius 1 is 0.275 bits per heavy atom. The number of unbranched alkanes of at least 4 members (excludes halogenated alkanes) is 31. The standard InChI is InChI=1S/C83H144O17P2/c1-5-9-13-17-21-25-29-33-37-38-42-46-50-54-58-62-66-70-83(88)100-79(74-94-81(86)68-64-60-56-52-48-44-40-35-31-27-23-19-15-11-7-3)76-98-102(91,92)96-72-77(84)71-95-101(89,90)97-75-78(99-82(87)69-65-61-57-53-49-45-41-36-32-28-24-20-16-12-8-4)73-93-80(85)67-63-59-55-51-47-43-39-34-30-26-22-18-14-10-6-2/h21-23,25-28,32-35,37,39-40,42,46,54,58,77-79,84H,5-20,24,29-31,36,38,41,43-45,47-53,55-57,59-76H2,1-4H3,(H,89,90)(H,91,92)/b25-21-,26-22-,27-23-,32-28-,37-33-,39-34-,40-35-,46-42-,58-54-/t77-,78+,79+/m0/s1. The highest BCUT2D eigenvalue weighted by molar-refractivity contribution is 7.47. The number of aliphatic hydroxyl groups excluding tert-OH is 1. The van der Waals surface area contributed by atoms with Crippen LogP contribution in [0.5, 0.6) is 0 Å². The van der Waals surface area contributed by atoms with Crippen molar-refractivity contribution in [2.45, 2.75) is 354 Å². The molecule has 0 rings (SSSR count). The molecule has 2 unspecified atom stereocenters. The molecule has 0 fully saturated rings. The van der Waals surface area contributed by atoms with Gasteiger partial charge in [-0.05, 0) is 154 Å². The molecule has 0 aromatic carbocycles. The van der Waals surface area contributed by atoms with E-state index in [9.17, 15) is 43.2 Å². The van der Waals surface area contributed by atoms with E-state index in [1.165, 1.54) is 83.5 Å². The molecule has 0 aromatic rings. The van der Waals surface area contributed by atoms with Crippen LogP contribution in [0.3, 0.4) is 0 Å². The second-order valence-corrected chi connectivity index (χ2v) is 29.5. The van der Waals surface area contributed by atoms with Crippen LogP contribution < -0.4 is 0 Å². The summed E-state index contributed by atoms with van der Waals surface area (Å²) in [4.78, 5) is 73.0. The third kappa shape index (κ3) is 74.0. The summed E-state index contributed by atoms with van der Waals surface area (Å²) in [5, 5.41) is 10.6. The Morgan fingerprint density at radius 2 is 0.490 bits per heavy atom. The van der Waals surface area contributed by atoms with Crippen LogP contribution >= 0.6 is 15.6 Å². The Morgan fingerprint density at radius 3 is 0.804 bits per heavy atom. The smallest absolute Gasteiger partial charge is 0.462 e. The maximum atomic E-state index is 13.1. The molecule has 0 heterocycles. The summed E-state index contributed by atoms with van der Waals surface area (Å²) in [5.41, 5.74) is 0. The third-order valence-corrected chi connectivity index (χ3v) is 18.6. The summed E-state index contributed by atoms with van der Waals surface area (Å²) in [6.07, 6.45) is 80.7. The molecule has 0 saturated heterocycles. The Hall–Kier alpha value is -4.28. The zero-order valence-electron chi connectivity index (χ0n) is 64.3. The quantitative estimate of drug-likeness (QED) is 0.0169. The molecular weight excluding hydrogens is 1330 g/mol.